The summed E-state index contributed by atoms with van der Waals surface area (Å²) in [6, 6.07) is 7.15. The Hall–Kier alpha value is -2.44. The molecule has 1 aliphatic heterocycles. The van der Waals surface area contributed by atoms with Crippen molar-refractivity contribution >= 4 is 39.3 Å². The van der Waals surface area contributed by atoms with Crippen molar-refractivity contribution in [2.75, 3.05) is 23.7 Å². The third-order valence-corrected chi connectivity index (χ3v) is 6.00. The molecule has 0 amide bonds. The van der Waals surface area contributed by atoms with Crippen molar-refractivity contribution in [3.8, 4) is 0 Å². The van der Waals surface area contributed by atoms with E-state index >= 15 is 0 Å². The molecule has 2 aromatic heterocycles. The minimum atomic E-state index is -2.86. The Morgan fingerprint density at radius 3 is 2.71 bits per heavy atom. The zero-order valence-corrected chi connectivity index (χ0v) is 17.8. The minimum Gasteiger partial charge on any atom is -0.392 e. The number of anilines is 1. The summed E-state index contributed by atoms with van der Waals surface area (Å²) in [5, 5.41) is 18.8. The van der Waals surface area contributed by atoms with Gasteiger partial charge in [0, 0.05) is 24.4 Å². The average molecular weight is 473 g/mol. The topological polar surface area (TPSA) is 114 Å². The summed E-state index contributed by atoms with van der Waals surface area (Å²) >= 11 is 6.23. The molecule has 3 aromatic rings. The number of halogens is 3. The molecule has 4 rings (SSSR count). The molecule has 1 saturated heterocycles. The summed E-state index contributed by atoms with van der Waals surface area (Å²) in [4.78, 5) is 10.1. The summed E-state index contributed by atoms with van der Waals surface area (Å²) in [5.74, 6) is -3.01. The number of fused-ring (bicyclic) bond motifs is 1. The van der Waals surface area contributed by atoms with E-state index in [-0.39, 0.29) is 48.7 Å². The lowest BCUT2D eigenvalue weighted by molar-refractivity contribution is 0.0257. The predicted molar refractivity (Wildman–Crippen MR) is 110 cm³/mol. The van der Waals surface area contributed by atoms with Crippen molar-refractivity contribution in [1.82, 2.24) is 25.0 Å². The average Bonchev–Trinajstić information content (AvgIpc) is 3.25. The molecular formula is C18H19ClF2N6O3S. The quantitative estimate of drug-likeness (QED) is 0.494. The molecule has 1 fully saturated rings. The molecule has 0 saturated carbocycles. The number of aromatic nitrogens is 5. The van der Waals surface area contributed by atoms with Gasteiger partial charge in [0.15, 0.2) is 17.0 Å². The molecule has 0 radical (unpaired) electrons. The first-order valence-corrected chi connectivity index (χ1v) is 11.2. The zero-order chi connectivity index (χ0) is 22.2. The van der Waals surface area contributed by atoms with E-state index in [0.29, 0.717) is 5.02 Å². The van der Waals surface area contributed by atoms with Gasteiger partial charge in [-0.05, 0) is 11.6 Å². The number of hydrogen-bond acceptors (Lipinski definition) is 8. The largest absolute Gasteiger partial charge is 0.392 e. The van der Waals surface area contributed by atoms with Crippen LogP contribution in [-0.4, -0.2) is 69.4 Å². The Balaban J connectivity index is 1.76. The van der Waals surface area contributed by atoms with Crippen LogP contribution in [0.25, 0.3) is 11.2 Å². The van der Waals surface area contributed by atoms with Crippen molar-refractivity contribution in [2.45, 2.75) is 31.4 Å². The van der Waals surface area contributed by atoms with Gasteiger partial charge in [0.25, 0.3) is 5.92 Å². The first-order valence-electron chi connectivity index (χ1n) is 9.48. The predicted octanol–water partition coefficient (Wildman–Crippen LogP) is 1.28. The fourth-order valence-electron chi connectivity index (χ4n) is 3.46. The second-order valence-corrected chi connectivity index (χ2v) is 8.81. The Morgan fingerprint density at radius 1 is 1.26 bits per heavy atom. The summed E-state index contributed by atoms with van der Waals surface area (Å²) in [7, 11) is -2.79. The fourth-order valence-corrected chi connectivity index (χ4v) is 4.12. The monoisotopic (exact) mass is 472 g/mol. The lowest BCUT2D eigenvalue weighted by Gasteiger charge is -2.18. The number of hydrogen-bond donors (Lipinski definition) is 2. The van der Waals surface area contributed by atoms with Crippen molar-refractivity contribution in [1.29, 1.82) is 0 Å². The number of alkyl halides is 2. The highest BCUT2D eigenvalue weighted by molar-refractivity contribution is 7.72. The van der Waals surface area contributed by atoms with Crippen LogP contribution in [-0.2, 0) is 23.7 Å². The summed E-state index contributed by atoms with van der Waals surface area (Å²) in [5.41, 5.74) is 1.29. The smallest absolute Gasteiger partial charge is 0.266 e. The van der Waals surface area contributed by atoms with Crippen LogP contribution in [0.15, 0.2) is 24.3 Å². The number of thiol groups is 1. The summed E-state index contributed by atoms with van der Waals surface area (Å²) < 4.78 is 51.0. The van der Waals surface area contributed by atoms with Gasteiger partial charge in [-0.15, -0.1) is 5.10 Å². The zero-order valence-electron chi connectivity index (χ0n) is 16.2. The first kappa shape index (κ1) is 21.8. The first-order chi connectivity index (χ1) is 14.7. The molecule has 1 aromatic carbocycles. The van der Waals surface area contributed by atoms with E-state index in [1.807, 2.05) is 12.1 Å². The van der Waals surface area contributed by atoms with Gasteiger partial charge in [-0.25, -0.2) is 31.8 Å². The van der Waals surface area contributed by atoms with E-state index in [4.69, 9.17) is 11.6 Å². The third-order valence-electron chi connectivity index (χ3n) is 4.92. The molecule has 31 heavy (non-hydrogen) atoms. The van der Waals surface area contributed by atoms with Crippen molar-refractivity contribution in [3.63, 3.8) is 0 Å². The van der Waals surface area contributed by atoms with E-state index < -0.39 is 35.0 Å². The van der Waals surface area contributed by atoms with E-state index in [1.165, 1.54) is 9.58 Å². The second-order valence-electron chi connectivity index (χ2n) is 7.37. The Kier molecular flexibility index (Phi) is 6.04. The normalized spacial score (nSPS) is 17.0. The molecule has 0 aliphatic carbocycles. The van der Waals surface area contributed by atoms with Gasteiger partial charge in [0.1, 0.15) is 16.5 Å². The van der Waals surface area contributed by atoms with Crippen molar-refractivity contribution in [2.24, 2.45) is 0 Å². The van der Waals surface area contributed by atoms with Crippen LogP contribution in [0, 0.1) is 0 Å². The number of rotatable bonds is 7. The van der Waals surface area contributed by atoms with Crippen LogP contribution < -0.4 is 4.90 Å². The maximum absolute atomic E-state index is 13.8. The number of benzene rings is 1. The standard InChI is InChI=1S/C18H19ClF2N6O3S/c19-13-4-2-1-3-11(13)8-27-17-15(24-25-27)16(26-6-5-18(20,21)10-26)22-14(23-17)7-12(28)9-31(29)30/h1-4,12,28,31H,5-10H2. The van der Waals surface area contributed by atoms with Gasteiger partial charge in [-0.1, -0.05) is 35.0 Å². The molecule has 1 atom stereocenters. The van der Waals surface area contributed by atoms with E-state index in [1.54, 1.807) is 12.1 Å². The number of aliphatic hydroxyl groups excluding tert-OH is 1. The highest BCUT2D eigenvalue weighted by Gasteiger charge is 2.40. The summed E-state index contributed by atoms with van der Waals surface area (Å²) in [6.45, 7) is -0.215. The van der Waals surface area contributed by atoms with Crippen molar-refractivity contribution in [3.05, 3.63) is 40.7 Å². The minimum absolute atomic E-state index is 0.0743. The second kappa shape index (κ2) is 8.60. The van der Waals surface area contributed by atoms with E-state index in [2.05, 4.69) is 20.3 Å². The van der Waals surface area contributed by atoms with Gasteiger partial charge >= 0.3 is 0 Å². The Bertz CT molecular complexity index is 1180. The third kappa shape index (κ3) is 4.91. The molecule has 9 nitrogen and oxygen atoms in total. The molecular weight excluding hydrogens is 454 g/mol. The van der Waals surface area contributed by atoms with E-state index in [9.17, 15) is 22.3 Å². The molecule has 0 spiro atoms. The van der Waals surface area contributed by atoms with Gasteiger partial charge < -0.3 is 10.0 Å². The highest BCUT2D eigenvalue weighted by Crippen LogP contribution is 2.33. The SMILES string of the molecule is O=[SH](=O)CC(O)Cc1nc(N2CCC(F)(F)C2)c2nnn(Cc3ccccc3Cl)c2n1. The van der Waals surface area contributed by atoms with Gasteiger partial charge in [-0.2, -0.15) is 0 Å². The molecule has 3 heterocycles. The Morgan fingerprint density at radius 2 is 2.03 bits per heavy atom. The molecule has 1 aliphatic rings. The van der Waals surface area contributed by atoms with Gasteiger partial charge in [-0.3, -0.25) is 0 Å². The molecule has 1 N–H and O–H groups in total. The molecule has 0 bridgehead atoms. The maximum Gasteiger partial charge on any atom is 0.266 e. The molecule has 166 valence electrons. The van der Waals surface area contributed by atoms with Crippen molar-refractivity contribution < 1.29 is 22.3 Å². The van der Waals surface area contributed by atoms with Gasteiger partial charge in [0.2, 0.25) is 0 Å². The highest BCUT2D eigenvalue weighted by atomic mass is 35.5. The van der Waals surface area contributed by atoms with Crippen LogP contribution >= 0.6 is 11.6 Å². The van der Waals surface area contributed by atoms with Crippen LogP contribution in [0.4, 0.5) is 14.6 Å². The number of aliphatic hydroxyl groups is 1. The number of nitrogens with zero attached hydrogens (tertiary/aromatic N) is 6. The van der Waals surface area contributed by atoms with E-state index in [0.717, 1.165) is 5.56 Å². The van der Waals surface area contributed by atoms with Crippen LogP contribution in [0.3, 0.4) is 0 Å². The molecule has 1 unspecified atom stereocenters. The van der Waals surface area contributed by atoms with Crippen LogP contribution in [0.1, 0.15) is 17.8 Å². The lowest BCUT2D eigenvalue weighted by atomic mass is 10.2. The lowest BCUT2D eigenvalue weighted by Crippen LogP contribution is -2.27. The van der Waals surface area contributed by atoms with Crippen LogP contribution in [0.5, 0.6) is 0 Å². The van der Waals surface area contributed by atoms with Gasteiger partial charge in [0.05, 0.1) is 24.9 Å². The summed E-state index contributed by atoms with van der Waals surface area (Å²) in [6.07, 6.45) is -1.70. The van der Waals surface area contributed by atoms with Crippen LogP contribution in [0.2, 0.25) is 5.02 Å². The fraction of sp³-hybridized carbons (Fsp3) is 0.444. The molecule has 13 heteroatoms. The maximum atomic E-state index is 13.8. The Labute approximate surface area is 182 Å².